The second-order valence-corrected chi connectivity index (χ2v) is 5.40. The second kappa shape index (κ2) is 4.95. The van der Waals surface area contributed by atoms with E-state index < -0.39 is 0 Å². The summed E-state index contributed by atoms with van der Waals surface area (Å²) >= 11 is 0. The third kappa shape index (κ3) is 2.71. The number of nitrogens with zero attached hydrogens (tertiary/aromatic N) is 1. The van der Waals surface area contributed by atoms with Crippen molar-refractivity contribution in [2.45, 2.75) is 47.0 Å². The van der Waals surface area contributed by atoms with Crippen LogP contribution < -0.4 is 0 Å². The Hall–Kier alpha value is -1.24. The van der Waals surface area contributed by atoms with Crippen molar-refractivity contribution in [2.24, 2.45) is 7.05 Å². The van der Waals surface area contributed by atoms with Crippen LogP contribution in [0.1, 0.15) is 45.9 Å². The molecule has 0 saturated carbocycles. The molecule has 0 atom stereocenters. The summed E-state index contributed by atoms with van der Waals surface area (Å²) in [6.07, 6.45) is 0. The van der Waals surface area contributed by atoms with Gasteiger partial charge < -0.3 is 4.57 Å². The second-order valence-electron chi connectivity index (χ2n) is 5.40. The molecule has 0 saturated heterocycles. The van der Waals surface area contributed by atoms with Crippen LogP contribution in [0.5, 0.6) is 0 Å². The number of aryl methyl sites for hydroxylation is 2. The van der Waals surface area contributed by atoms with Crippen LogP contribution in [0.25, 0.3) is 10.9 Å². The lowest BCUT2D eigenvalue weighted by atomic mass is 9.92. The van der Waals surface area contributed by atoms with E-state index in [1.165, 1.54) is 22.2 Å². The van der Waals surface area contributed by atoms with Crippen molar-refractivity contribution in [3.63, 3.8) is 0 Å². The lowest BCUT2D eigenvalue weighted by Gasteiger charge is -2.19. The molecular weight excluding hydrogens is 206 g/mol. The Kier molecular flexibility index (Phi) is 4.03. The number of benzene rings is 1. The van der Waals surface area contributed by atoms with Crippen LogP contribution in [0.4, 0.5) is 0 Å². The predicted molar refractivity (Wildman–Crippen MR) is 77.7 cm³/mol. The molecule has 1 aromatic carbocycles. The van der Waals surface area contributed by atoms with Crippen LogP contribution in [-0.2, 0) is 12.5 Å². The zero-order valence-electron chi connectivity index (χ0n) is 12.3. The van der Waals surface area contributed by atoms with Crippen molar-refractivity contribution in [2.75, 3.05) is 0 Å². The smallest absolute Gasteiger partial charge is 0.0482 e. The van der Waals surface area contributed by atoms with Crippen LogP contribution in [0.2, 0.25) is 0 Å². The van der Waals surface area contributed by atoms with E-state index in [9.17, 15) is 0 Å². The van der Waals surface area contributed by atoms with Gasteiger partial charge in [0.2, 0.25) is 0 Å². The molecule has 0 spiro atoms. The number of hydrogen-bond acceptors (Lipinski definition) is 0. The molecule has 2 rings (SSSR count). The highest BCUT2D eigenvalue weighted by atomic mass is 15.0. The molecule has 0 bridgehead atoms. The first kappa shape index (κ1) is 13.8. The van der Waals surface area contributed by atoms with Gasteiger partial charge in [-0.2, -0.15) is 0 Å². The topological polar surface area (TPSA) is 4.93 Å². The highest BCUT2D eigenvalue weighted by Crippen LogP contribution is 2.28. The Morgan fingerprint density at radius 1 is 1.00 bits per heavy atom. The molecule has 1 nitrogen and oxygen atoms in total. The third-order valence-corrected chi connectivity index (χ3v) is 2.97. The summed E-state index contributed by atoms with van der Waals surface area (Å²) in [5.41, 5.74) is 4.26. The SMILES string of the molecule is CC.Cc1ccc2cc(C(C)(C)C)n(C)c2c1. The van der Waals surface area contributed by atoms with Gasteiger partial charge in [0, 0.05) is 23.7 Å². The maximum Gasteiger partial charge on any atom is 0.0482 e. The lowest BCUT2D eigenvalue weighted by Crippen LogP contribution is -2.15. The summed E-state index contributed by atoms with van der Waals surface area (Å²) in [7, 11) is 2.16. The molecule has 0 amide bonds. The maximum atomic E-state index is 2.31. The maximum absolute atomic E-state index is 2.31. The molecule has 1 heteroatoms. The quantitative estimate of drug-likeness (QED) is 0.613. The Bertz CT molecular complexity index is 498. The van der Waals surface area contributed by atoms with Crippen molar-refractivity contribution in [1.82, 2.24) is 4.57 Å². The highest BCUT2D eigenvalue weighted by molar-refractivity contribution is 5.82. The van der Waals surface area contributed by atoms with Crippen molar-refractivity contribution in [1.29, 1.82) is 0 Å². The summed E-state index contributed by atoms with van der Waals surface area (Å²) in [5, 5.41) is 1.34. The molecule has 2 aromatic rings. The van der Waals surface area contributed by atoms with E-state index in [0.717, 1.165) is 0 Å². The number of aromatic nitrogens is 1. The fraction of sp³-hybridized carbons (Fsp3) is 0.500. The molecule has 17 heavy (non-hydrogen) atoms. The highest BCUT2D eigenvalue weighted by Gasteiger charge is 2.18. The third-order valence-electron chi connectivity index (χ3n) is 2.97. The Labute approximate surface area is 105 Å². The summed E-state index contributed by atoms with van der Waals surface area (Å²) in [5.74, 6) is 0. The summed E-state index contributed by atoms with van der Waals surface area (Å²) in [4.78, 5) is 0. The number of fused-ring (bicyclic) bond motifs is 1. The van der Waals surface area contributed by atoms with Gasteiger partial charge in [-0.1, -0.05) is 46.8 Å². The molecule has 0 aliphatic heterocycles. The minimum absolute atomic E-state index is 0.210. The van der Waals surface area contributed by atoms with Crippen molar-refractivity contribution < 1.29 is 0 Å². The van der Waals surface area contributed by atoms with Gasteiger partial charge >= 0.3 is 0 Å². The molecule has 1 aromatic heterocycles. The normalized spacial score (nSPS) is 11.2. The average molecular weight is 231 g/mol. The van der Waals surface area contributed by atoms with Crippen LogP contribution in [0.3, 0.4) is 0 Å². The Morgan fingerprint density at radius 3 is 2.12 bits per heavy atom. The first-order chi connectivity index (χ1) is 7.89. The van der Waals surface area contributed by atoms with Crippen LogP contribution in [-0.4, -0.2) is 4.57 Å². The minimum Gasteiger partial charge on any atom is -0.347 e. The van der Waals surface area contributed by atoms with Crippen LogP contribution >= 0.6 is 0 Å². The summed E-state index contributed by atoms with van der Waals surface area (Å²) in [6, 6.07) is 8.94. The van der Waals surface area contributed by atoms with E-state index in [4.69, 9.17) is 0 Å². The van der Waals surface area contributed by atoms with Gasteiger partial charge in [-0.15, -0.1) is 0 Å². The molecule has 0 unspecified atom stereocenters. The number of hydrogen-bond donors (Lipinski definition) is 0. The molecular formula is C16H25N. The van der Waals surface area contributed by atoms with Crippen LogP contribution in [0.15, 0.2) is 24.3 Å². The largest absolute Gasteiger partial charge is 0.347 e. The Morgan fingerprint density at radius 2 is 1.59 bits per heavy atom. The zero-order valence-corrected chi connectivity index (χ0v) is 12.3. The van der Waals surface area contributed by atoms with E-state index in [2.05, 4.69) is 63.6 Å². The van der Waals surface area contributed by atoms with Gasteiger partial charge in [-0.3, -0.25) is 0 Å². The first-order valence-electron chi connectivity index (χ1n) is 6.46. The standard InChI is InChI=1S/C14H19N.C2H6/c1-10-6-7-11-9-13(14(2,3)4)15(5)12(11)8-10;1-2/h6-9H,1-5H3;1-2H3. The monoisotopic (exact) mass is 231 g/mol. The fourth-order valence-corrected chi connectivity index (χ4v) is 2.16. The predicted octanol–water partition coefficient (Wildman–Crippen LogP) is 4.81. The van der Waals surface area contributed by atoms with Crippen molar-refractivity contribution in [3.8, 4) is 0 Å². The van der Waals surface area contributed by atoms with E-state index in [-0.39, 0.29) is 5.41 Å². The van der Waals surface area contributed by atoms with Crippen molar-refractivity contribution >= 4 is 10.9 Å². The lowest BCUT2D eigenvalue weighted by molar-refractivity contribution is 0.547. The van der Waals surface area contributed by atoms with Gasteiger partial charge in [0.15, 0.2) is 0 Å². The van der Waals surface area contributed by atoms with E-state index in [0.29, 0.717) is 0 Å². The number of rotatable bonds is 0. The van der Waals surface area contributed by atoms with Gasteiger partial charge in [0.1, 0.15) is 0 Å². The fourth-order valence-electron chi connectivity index (χ4n) is 2.16. The minimum atomic E-state index is 0.210. The van der Waals surface area contributed by atoms with E-state index >= 15 is 0 Å². The van der Waals surface area contributed by atoms with E-state index in [1.807, 2.05) is 13.8 Å². The first-order valence-corrected chi connectivity index (χ1v) is 6.46. The molecule has 0 aliphatic rings. The molecule has 0 radical (unpaired) electrons. The zero-order chi connectivity index (χ0) is 13.2. The van der Waals surface area contributed by atoms with Gasteiger partial charge in [0.25, 0.3) is 0 Å². The molecule has 1 heterocycles. The van der Waals surface area contributed by atoms with Gasteiger partial charge in [-0.25, -0.2) is 0 Å². The molecule has 0 fully saturated rings. The average Bonchev–Trinajstić information content (AvgIpc) is 2.59. The summed E-state index contributed by atoms with van der Waals surface area (Å²) < 4.78 is 2.31. The molecule has 94 valence electrons. The molecule has 0 aliphatic carbocycles. The van der Waals surface area contributed by atoms with Gasteiger partial charge in [-0.05, 0) is 30.0 Å². The molecule has 0 N–H and O–H groups in total. The van der Waals surface area contributed by atoms with Crippen molar-refractivity contribution in [3.05, 3.63) is 35.5 Å². The van der Waals surface area contributed by atoms with Crippen LogP contribution in [0, 0.1) is 6.92 Å². The van der Waals surface area contributed by atoms with Gasteiger partial charge in [0.05, 0.1) is 0 Å². The summed E-state index contributed by atoms with van der Waals surface area (Å²) in [6.45, 7) is 12.9. The Balaban J connectivity index is 0.000000686. The van der Waals surface area contributed by atoms with E-state index in [1.54, 1.807) is 0 Å².